The first-order chi connectivity index (χ1) is 9.63. The highest BCUT2D eigenvalue weighted by Gasteiger charge is 2.02. The Kier molecular flexibility index (Phi) is 5.56. The third-order valence-electron chi connectivity index (χ3n) is 2.81. The summed E-state index contributed by atoms with van der Waals surface area (Å²) >= 11 is 1.64. The van der Waals surface area contributed by atoms with Crippen LogP contribution in [-0.4, -0.2) is 11.5 Å². The van der Waals surface area contributed by atoms with E-state index in [0.717, 1.165) is 29.5 Å². The standard InChI is InChI=1S/C16H22N2OS/c1-12(2)8-17-9-14-5-4-6-15(7-14)19-10-16-18-13(3)11-20-16/h4-7,11-12,17H,8-10H2,1-3H3. The Morgan fingerprint density at radius 1 is 1.35 bits per heavy atom. The molecule has 1 N–H and O–H groups in total. The van der Waals surface area contributed by atoms with Crippen molar-refractivity contribution in [1.82, 2.24) is 10.3 Å². The van der Waals surface area contributed by atoms with Gasteiger partial charge in [-0.15, -0.1) is 11.3 Å². The van der Waals surface area contributed by atoms with Crippen molar-refractivity contribution < 1.29 is 4.74 Å². The smallest absolute Gasteiger partial charge is 0.140 e. The molecule has 4 heteroatoms. The molecule has 0 fully saturated rings. The average molecular weight is 290 g/mol. The molecule has 3 nitrogen and oxygen atoms in total. The third-order valence-corrected chi connectivity index (χ3v) is 3.75. The van der Waals surface area contributed by atoms with Gasteiger partial charge in [0.2, 0.25) is 0 Å². The predicted octanol–water partition coefficient (Wildman–Crippen LogP) is 3.78. The molecule has 1 aromatic carbocycles. The number of nitrogens with one attached hydrogen (secondary N) is 1. The minimum absolute atomic E-state index is 0.543. The molecule has 0 aliphatic carbocycles. The van der Waals surface area contributed by atoms with Crippen molar-refractivity contribution in [3.05, 3.63) is 45.9 Å². The summed E-state index contributed by atoms with van der Waals surface area (Å²) in [5.74, 6) is 1.57. The zero-order chi connectivity index (χ0) is 14.4. The van der Waals surface area contributed by atoms with Crippen molar-refractivity contribution in [2.45, 2.75) is 33.9 Å². The minimum Gasteiger partial charge on any atom is -0.486 e. The number of aryl methyl sites for hydroxylation is 1. The summed E-state index contributed by atoms with van der Waals surface area (Å²) in [6, 6.07) is 8.24. The Morgan fingerprint density at radius 2 is 2.20 bits per heavy atom. The van der Waals surface area contributed by atoms with E-state index < -0.39 is 0 Å². The SMILES string of the molecule is Cc1csc(COc2cccc(CNCC(C)C)c2)n1. The van der Waals surface area contributed by atoms with Gasteiger partial charge in [-0.3, -0.25) is 0 Å². The Bertz CT molecular complexity index is 537. The lowest BCUT2D eigenvalue weighted by Crippen LogP contribution is -2.18. The van der Waals surface area contributed by atoms with E-state index in [0.29, 0.717) is 12.5 Å². The maximum absolute atomic E-state index is 5.79. The fraction of sp³-hybridized carbons (Fsp3) is 0.438. The van der Waals surface area contributed by atoms with E-state index in [1.54, 1.807) is 11.3 Å². The van der Waals surface area contributed by atoms with Gasteiger partial charge in [-0.05, 0) is 37.1 Å². The zero-order valence-electron chi connectivity index (χ0n) is 12.3. The van der Waals surface area contributed by atoms with Crippen molar-refractivity contribution in [2.24, 2.45) is 5.92 Å². The molecular weight excluding hydrogens is 268 g/mol. The molecule has 20 heavy (non-hydrogen) atoms. The number of hydrogen-bond donors (Lipinski definition) is 1. The minimum atomic E-state index is 0.543. The Morgan fingerprint density at radius 3 is 2.90 bits per heavy atom. The Hall–Kier alpha value is -1.39. The molecule has 0 unspecified atom stereocenters. The number of thiazole rings is 1. The molecule has 0 atom stereocenters. The summed E-state index contributed by atoms with van der Waals surface area (Å²) < 4.78 is 5.79. The van der Waals surface area contributed by atoms with E-state index in [4.69, 9.17) is 4.74 Å². The first kappa shape index (κ1) is 15.0. The molecule has 1 heterocycles. The lowest BCUT2D eigenvalue weighted by atomic mass is 10.2. The van der Waals surface area contributed by atoms with Gasteiger partial charge in [-0.25, -0.2) is 4.98 Å². The van der Waals surface area contributed by atoms with Gasteiger partial charge in [0.1, 0.15) is 17.4 Å². The number of benzene rings is 1. The second kappa shape index (κ2) is 7.41. The molecule has 108 valence electrons. The highest BCUT2D eigenvalue weighted by molar-refractivity contribution is 7.09. The van der Waals surface area contributed by atoms with Crippen LogP contribution >= 0.6 is 11.3 Å². The van der Waals surface area contributed by atoms with Crippen molar-refractivity contribution in [2.75, 3.05) is 6.54 Å². The van der Waals surface area contributed by atoms with Gasteiger partial charge in [0.05, 0.1) is 0 Å². The molecule has 0 radical (unpaired) electrons. The van der Waals surface area contributed by atoms with Gasteiger partial charge in [-0.1, -0.05) is 26.0 Å². The molecule has 0 saturated carbocycles. The highest BCUT2D eigenvalue weighted by Crippen LogP contribution is 2.16. The Balaban J connectivity index is 1.85. The summed E-state index contributed by atoms with van der Waals surface area (Å²) in [7, 11) is 0. The number of aromatic nitrogens is 1. The fourth-order valence-corrected chi connectivity index (χ4v) is 2.55. The summed E-state index contributed by atoms with van der Waals surface area (Å²) in [5, 5.41) is 6.51. The zero-order valence-corrected chi connectivity index (χ0v) is 13.2. The molecule has 2 rings (SSSR count). The molecular formula is C16H22N2OS. The van der Waals surface area contributed by atoms with Gasteiger partial charge < -0.3 is 10.1 Å². The monoisotopic (exact) mass is 290 g/mol. The number of rotatable bonds is 7. The van der Waals surface area contributed by atoms with E-state index in [9.17, 15) is 0 Å². The van der Waals surface area contributed by atoms with Crippen LogP contribution in [0.25, 0.3) is 0 Å². The van der Waals surface area contributed by atoms with Crippen LogP contribution in [0.15, 0.2) is 29.6 Å². The van der Waals surface area contributed by atoms with Gasteiger partial charge in [-0.2, -0.15) is 0 Å². The van der Waals surface area contributed by atoms with E-state index in [2.05, 4.69) is 36.3 Å². The first-order valence-electron chi connectivity index (χ1n) is 6.97. The molecule has 0 saturated heterocycles. The number of ether oxygens (including phenoxy) is 1. The lowest BCUT2D eigenvalue weighted by molar-refractivity contribution is 0.305. The highest BCUT2D eigenvalue weighted by atomic mass is 32.1. The quantitative estimate of drug-likeness (QED) is 0.842. The summed E-state index contributed by atoms with van der Waals surface area (Å²) in [6.07, 6.45) is 0. The topological polar surface area (TPSA) is 34.1 Å². The van der Waals surface area contributed by atoms with Crippen LogP contribution in [0, 0.1) is 12.8 Å². The summed E-state index contributed by atoms with van der Waals surface area (Å²) in [4.78, 5) is 4.40. The lowest BCUT2D eigenvalue weighted by Gasteiger charge is -2.09. The van der Waals surface area contributed by atoms with Crippen LogP contribution in [0.5, 0.6) is 5.75 Å². The van der Waals surface area contributed by atoms with E-state index in [1.165, 1.54) is 5.56 Å². The van der Waals surface area contributed by atoms with Gasteiger partial charge >= 0.3 is 0 Å². The van der Waals surface area contributed by atoms with Gasteiger partial charge in [0.25, 0.3) is 0 Å². The summed E-state index contributed by atoms with van der Waals surface area (Å²) in [6.45, 7) is 8.88. The predicted molar refractivity (Wildman–Crippen MR) is 84.2 cm³/mol. The van der Waals surface area contributed by atoms with Crippen LogP contribution in [0.3, 0.4) is 0 Å². The molecule has 0 amide bonds. The first-order valence-corrected chi connectivity index (χ1v) is 7.85. The normalized spacial score (nSPS) is 11.0. The molecule has 0 aliphatic heterocycles. The fourth-order valence-electron chi connectivity index (χ4n) is 1.86. The van der Waals surface area contributed by atoms with Crippen LogP contribution in [-0.2, 0) is 13.2 Å². The van der Waals surface area contributed by atoms with Crippen LogP contribution in [0.2, 0.25) is 0 Å². The van der Waals surface area contributed by atoms with Crippen molar-refractivity contribution in [1.29, 1.82) is 0 Å². The average Bonchev–Trinajstić information content (AvgIpc) is 2.82. The maximum Gasteiger partial charge on any atom is 0.140 e. The molecule has 2 aromatic rings. The molecule has 0 spiro atoms. The van der Waals surface area contributed by atoms with Gasteiger partial charge in [0, 0.05) is 17.6 Å². The molecule has 0 bridgehead atoms. The molecule has 0 aliphatic rings. The summed E-state index contributed by atoms with van der Waals surface area (Å²) in [5.41, 5.74) is 2.30. The van der Waals surface area contributed by atoms with Crippen molar-refractivity contribution >= 4 is 11.3 Å². The Labute approximate surface area is 125 Å². The van der Waals surface area contributed by atoms with E-state index >= 15 is 0 Å². The van der Waals surface area contributed by atoms with Crippen molar-refractivity contribution in [3.63, 3.8) is 0 Å². The van der Waals surface area contributed by atoms with Crippen LogP contribution < -0.4 is 10.1 Å². The van der Waals surface area contributed by atoms with Gasteiger partial charge in [0.15, 0.2) is 0 Å². The second-order valence-corrected chi connectivity index (χ2v) is 6.29. The van der Waals surface area contributed by atoms with Crippen LogP contribution in [0.4, 0.5) is 0 Å². The number of hydrogen-bond acceptors (Lipinski definition) is 4. The largest absolute Gasteiger partial charge is 0.486 e. The van der Waals surface area contributed by atoms with Crippen molar-refractivity contribution in [3.8, 4) is 5.75 Å². The maximum atomic E-state index is 5.79. The van der Waals surface area contributed by atoms with E-state index in [-0.39, 0.29) is 0 Å². The number of nitrogens with zero attached hydrogens (tertiary/aromatic N) is 1. The second-order valence-electron chi connectivity index (χ2n) is 5.34. The van der Waals surface area contributed by atoms with Crippen LogP contribution in [0.1, 0.15) is 30.1 Å². The molecule has 1 aromatic heterocycles. The van der Waals surface area contributed by atoms with E-state index in [1.807, 2.05) is 24.4 Å². The third kappa shape index (κ3) is 4.94.